The molecule has 6 heteroatoms. The lowest BCUT2D eigenvalue weighted by Gasteiger charge is -2.12. The molecule has 0 spiro atoms. The van der Waals surface area contributed by atoms with Crippen LogP contribution in [-0.4, -0.2) is 21.2 Å². The largest absolute Gasteiger partial charge is 0.493 e. The van der Waals surface area contributed by atoms with Crippen molar-refractivity contribution in [2.75, 3.05) is 6.61 Å². The number of pyridine rings is 1. The number of hydrogen-bond acceptors (Lipinski definition) is 3. The van der Waals surface area contributed by atoms with Crippen LogP contribution in [-0.2, 0) is 0 Å². The third-order valence-electron chi connectivity index (χ3n) is 3.03. The number of benzene rings is 1. The summed E-state index contributed by atoms with van der Waals surface area (Å²) in [6, 6.07) is 9.38. The Kier molecular flexibility index (Phi) is 3.99. The molecular formula is C15H13Cl2N3O. The Morgan fingerprint density at radius 3 is 2.86 bits per heavy atom. The quantitative estimate of drug-likeness (QED) is 0.710. The molecule has 0 aliphatic rings. The predicted octanol–water partition coefficient (Wildman–Crippen LogP) is 4.49. The minimum Gasteiger partial charge on any atom is -0.493 e. The van der Waals surface area contributed by atoms with Gasteiger partial charge >= 0.3 is 0 Å². The molecule has 1 aromatic carbocycles. The summed E-state index contributed by atoms with van der Waals surface area (Å²) >= 11 is 12.0. The molecule has 3 aromatic rings. The van der Waals surface area contributed by atoms with Crippen molar-refractivity contribution in [3.05, 3.63) is 46.8 Å². The highest BCUT2D eigenvalue weighted by atomic mass is 35.5. The van der Waals surface area contributed by atoms with Crippen molar-refractivity contribution < 1.29 is 4.74 Å². The van der Waals surface area contributed by atoms with Crippen LogP contribution in [0.5, 0.6) is 5.75 Å². The lowest BCUT2D eigenvalue weighted by atomic mass is 10.1. The van der Waals surface area contributed by atoms with Crippen LogP contribution in [0.1, 0.15) is 13.3 Å². The van der Waals surface area contributed by atoms with Crippen LogP contribution in [0.4, 0.5) is 0 Å². The monoisotopic (exact) mass is 321 g/mol. The van der Waals surface area contributed by atoms with E-state index in [-0.39, 0.29) is 5.28 Å². The Labute approximate surface area is 132 Å². The third kappa shape index (κ3) is 2.82. The predicted molar refractivity (Wildman–Crippen MR) is 84.2 cm³/mol. The number of nitrogens with zero attached hydrogens (tertiary/aromatic N) is 3. The van der Waals surface area contributed by atoms with Gasteiger partial charge in [0.25, 0.3) is 0 Å². The molecule has 3 rings (SSSR count). The van der Waals surface area contributed by atoms with Gasteiger partial charge in [-0.1, -0.05) is 18.5 Å². The van der Waals surface area contributed by atoms with Crippen LogP contribution in [0.25, 0.3) is 16.8 Å². The van der Waals surface area contributed by atoms with Crippen LogP contribution in [0.2, 0.25) is 10.3 Å². The minimum atomic E-state index is 0.209. The number of halogens is 2. The Morgan fingerprint density at radius 2 is 2.05 bits per heavy atom. The van der Waals surface area contributed by atoms with Crippen molar-refractivity contribution in [1.82, 2.24) is 14.6 Å². The maximum atomic E-state index is 6.13. The van der Waals surface area contributed by atoms with Gasteiger partial charge in [0.2, 0.25) is 5.28 Å². The number of hydrogen-bond donors (Lipinski definition) is 0. The maximum absolute atomic E-state index is 6.13. The van der Waals surface area contributed by atoms with E-state index in [4.69, 9.17) is 27.9 Å². The Balaban J connectivity index is 2.19. The van der Waals surface area contributed by atoms with Crippen LogP contribution >= 0.6 is 23.2 Å². The number of rotatable bonds is 4. The number of ether oxygens (including phenoxy) is 1. The number of aromatic nitrogens is 3. The molecule has 0 radical (unpaired) electrons. The van der Waals surface area contributed by atoms with E-state index in [1.54, 1.807) is 10.7 Å². The molecule has 0 amide bonds. The van der Waals surface area contributed by atoms with E-state index in [1.165, 1.54) is 0 Å². The highest BCUT2D eigenvalue weighted by molar-refractivity contribution is 6.31. The molecular weight excluding hydrogens is 309 g/mol. The highest BCUT2D eigenvalue weighted by Gasteiger charge is 2.13. The first kappa shape index (κ1) is 14.2. The molecule has 0 unspecified atom stereocenters. The van der Waals surface area contributed by atoms with Gasteiger partial charge in [0.1, 0.15) is 5.75 Å². The van der Waals surface area contributed by atoms with Gasteiger partial charge in [-0.25, -0.2) is 4.52 Å². The molecule has 0 bridgehead atoms. The van der Waals surface area contributed by atoms with E-state index in [0.717, 1.165) is 23.3 Å². The molecule has 108 valence electrons. The molecule has 0 saturated carbocycles. The van der Waals surface area contributed by atoms with Gasteiger partial charge in [-0.3, -0.25) is 0 Å². The van der Waals surface area contributed by atoms with Gasteiger partial charge in [-0.05, 0) is 48.4 Å². The Hall–Kier alpha value is -1.78. The van der Waals surface area contributed by atoms with Crippen molar-refractivity contribution in [2.45, 2.75) is 13.3 Å². The van der Waals surface area contributed by atoms with Crippen LogP contribution in [0.15, 0.2) is 36.5 Å². The standard InChI is InChI=1S/C15H13Cl2N3O/c1-2-8-21-13-6-5-10(16)9-12(13)11-4-3-7-20-14(11)18-15(17)19-20/h3-7,9H,2,8H2,1H3. The minimum absolute atomic E-state index is 0.209. The van der Waals surface area contributed by atoms with Crippen molar-refractivity contribution in [3.8, 4) is 16.9 Å². The van der Waals surface area contributed by atoms with Gasteiger partial charge in [0.15, 0.2) is 5.65 Å². The summed E-state index contributed by atoms with van der Waals surface area (Å²) in [7, 11) is 0. The highest BCUT2D eigenvalue weighted by Crippen LogP contribution is 2.34. The first-order valence-electron chi connectivity index (χ1n) is 6.62. The van der Waals surface area contributed by atoms with Gasteiger partial charge in [0.05, 0.1) is 6.61 Å². The van der Waals surface area contributed by atoms with Crippen molar-refractivity contribution in [2.24, 2.45) is 0 Å². The van der Waals surface area contributed by atoms with Crippen LogP contribution < -0.4 is 4.74 Å². The average Bonchev–Trinajstić information content (AvgIpc) is 2.86. The summed E-state index contributed by atoms with van der Waals surface area (Å²) in [5.74, 6) is 0.772. The summed E-state index contributed by atoms with van der Waals surface area (Å²) in [6.45, 7) is 2.71. The molecule has 0 saturated heterocycles. The van der Waals surface area contributed by atoms with Crippen molar-refractivity contribution in [3.63, 3.8) is 0 Å². The fraction of sp³-hybridized carbons (Fsp3) is 0.200. The van der Waals surface area contributed by atoms with Gasteiger partial charge in [0, 0.05) is 22.3 Å². The second kappa shape index (κ2) is 5.92. The molecule has 0 atom stereocenters. The third-order valence-corrected chi connectivity index (χ3v) is 3.43. The van der Waals surface area contributed by atoms with Crippen LogP contribution in [0.3, 0.4) is 0 Å². The fourth-order valence-electron chi connectivity index (χ4n) is 2.14. The topological polar surface area (TPSA) is 39.4 Å². The smallest absolute Gasteiger partial charge is 0.243 e. The average molecular weight is 322 g/mol. The zero-order valence-electron chi connectivity index (χ0n) is 11.4. The number of fused-ring (bicyclic) bond motifs is 1. The van der Waals surface area contributed by atoms with E-state index >= 15 is 0 Å². The van der Waals surface area contributed by atoms with Gasteiger partial charge < -0.3 is 4.74 Å². The Bertz CT molecular complexity index is 786. The summed E-state index contributed by atoms with van der Waals surface area (Å²) in [4.78, 5) is 4.26. The SMILES string of the molecule is CCCOc1ccc(Cl)cc1-c1cccn2nc(Cl)nc12. The Morgan fingerprint density at radius 1 is 1.19 bits per heavy atom. The lowest BCUT2D eigenvalue weighted by molar-refractivity contribution is 0.319. The molecule has 2 heterocycles. The van der Waals surface area contributed by atoms with Crippen LogP contribution in [0, 0.1) is 0 Å². The molecule has 0 N–H and O–H groups in total. The molecule has 4 nitrogen and oxygen atoms in total. The molecule has 0 fully saturated rings. The van der Waals surface area contributed by atoms with E-state index < -0.39 is 0 Å². The zero-order chi connectivity index (χ0) is 14.8. The normalized spacial score (nSPS) is 11.0. The van der Waals surface area contributed by atoms with Gasteiger partial charge in [-0.15, -0.1) is 5.10 Å². The summed E-state index contributed by atoms with van der Waals surface area (Å²) in [5, 5.41) is 4.96. The van der Waals surface area contributed by atoms with Crippen molar-refractivity contribution >= 4 is 28.8 Å². The van der Waals surface area contributed by atoms with E-state index in [2.05, 4.69) is 17.0 Å². The molecule has 0 aliphatic heterocycles. The van der Waals surface area contributed by atoms with E-state index in [9.17, 15) is 0 Å². The lowest BCUT2D eigenvalue weighted by Crippen LogP contribution is -1.98. The first-order valence-corrected chi connectivity index (χ1v) is 7.38. The summed E-state index contributed by atoms with van der Waals surface area (Å²) in [6.07, 6.45) is 2.73. The van der Waals surface area contributed by atoms with Gasteiger partial charge in [-0.2, -0.15) is 4.98 Å². The molecule has 0 aliphatic carbocycles. The van der Waals surface area contributed by atoms with E-state index in [0.29, 0.717) is 17.3 Å². The van der Waals surface area contributed by atoms with E-state index in [1.807, 2.05) is 30.3 Å². The van der Waals surface area contributed by atoms with Crippen molar-refractivity contribution in [1.29, 1.82) is 0 Å². The maximum Gasteiger partial charge on any atom is 0.243 e. The zero-order valence-corrected chi connectivity index (χ0v) is 12.9. The summed E-state index contributed by atoms with van der Waals surface area (Å²) in [5.41, 5.74) is 2.43. The summed E-state index contributed by atoms with van der Waals surface area (Å²) < 4.78 is 7.44. The second-order valence-electron chi connectivity index (χ2n) is 4.56. The fourth-order valence-corrected chi connectivity index (χ4v) is 2.47. The molecule has 21 heavy (non-hydrogen) atoms. The second-order valence-corrected chi connectivity index (χ2v) is 5.33. The first-order chi connectivity index (χ1) is 10.2. The molecule has 2 aromatic heterocycles.